The third-order valence-electron chi connectivity index (χ3n) is 2.74. The lowest BCUT2D eigenvalue weighted by Gasteiger charge is -2.15. The lowest BCUT2D eigenvalue weighted by atomic mass is 10.1. The summed E-state index contributed by atoms with van der Waals surface area (Å²) < 4.78 is 40.9. The van der Waals surface area contributed by atoms with Gasteiger partial charge in [-0.15, -0.1) is 19.2 Å². The molecule has 0 spiro atoms. The fourth-order valence-corrected chi connectivity index (χ4v) is 1.94. The largest absolute Gasteiger partial charge is 0.349 e. The summed E-state index contributed by atoms with van der Waals surface area (Å²) in [5, 5.41) is 11.4. The van der Waals surface area contributed by atoms with Gasteiger partial charge >= 0.3 is 0 Å². The third kappa shape index (κ3) is 4.67. The molecule has 0 heterocycles. The molecule has 2 aromatic carbocycles. The van der Waals surface area contributed by atoms with Crippen molar-refractivity contribution in [1.29, 1.82) is 0 Å². The van der Waals surface area contributed by atoms with Crippen LogP contribution in [0.15, 0.2) is 41.8 Å². The molecule has 3 N–H and O–H groups in total. The van der Waals surface area contributed by atoms with Crippen molar-refractivity contribution in [3.8, 4) is 0 Å². The number of halogens is 3. The Morgan fingerprint density at radius 1 is 1.13 bits per heavy atom. The minimum atomic E-state index is -1.22. The zero-order valence-electron chi connectivity index (χ0n) is 12.6. The summed E-state index contributed by atoms with van der Waals surface area (Å²) >= 11 is 3.97. The van der Waals surface area contributed by atoms with E-state index >= 15 is 0 Å². The van der Waals surface area contributed by atoms with E-state index in [-0.39, 0.29) is 22.6 Å². The average Bonchev–Trinajstić information content (AvgIpc) is 2.48. The van der Waals surface area contributed by atoms with Gasteiger partial charge in [0.15, 0.2) is 11.6 Å². The smallest absolute Gasteiger partial charge is 0.184 e. The molecular formula is C16H17F3N2OS. The van der Waals surface area contributed by atoms with E-state index in [2.05, 4.69) is 24.5 Å². The lowest BCUT2D eigenvalue weighted by molar-refractivity contribution is 0.387. The van der Waals surface area contributed by atoms with Crippen molar-refractivity contribution in [3.05, 3.63) is 59.9 Å². The van der Waals surface area contributed by atoms with E-state index in [0.717, 1.165) is 12.1 Å². The predicted octanol–water partition coefficient (Wildman–Crippen LogP) is 5.44. The van der Waals surface area contributed by atoms with Crippen LogP contribution in [0.5, 0.6) is 0 Å². The number of hydrogen-bond donors (Lipinski definition) is 4. The standard InChI is InChI=1S/C13H11F3N2OS.C3H6/c1-6-4-9(15)11(16)13(12(6)18-19)17-10-3-2-7(20)5-8(10)14;1-3-2/h2-5,17-20H,1H3;3H,1H2,2H3. The maximum absolute atomic E-state index is 13.8. The molecule has 0 atom stereocenters. The summed E-state index contributed by atoms with van der Waals surface area (Å²) in [7, 11) is 0. The number of aryl methyl sites for hydroxylation is 1. The predicted molar refractivity (Wildman–Crippen MR) is 89.3 cm³/mol. The SMILES string of the molecule is C=CC.Cc1cc(F)c(F)c(Nc2ccc(S)cc2F)c1NO. The molecule has 0 aromatic heterocycles. The van der Waals surface area contributed by atoms with Crippen molar-refractivity contribution in [3.63, 3.8) is 0 Å². The molecule has 0 aliphatic carbocycles. The van der Waals surface area contributed by atoms with Crippen LogP contribution in [0.25, 0.3) is 0 Å². The Labute approximate surface area is 138 Å². The Balaban J connectivity index is 0.000000816. The minimum absolute atomic E-state index is 0.0665. The van der Waals surface area contributed by atoms with Gasteiger partial charge in [0.25, 0.3) is 0 Å². The maximum atomic E-state index is 13.8. The lowest BCUT2D eigenvalue weighted by Crippen LogP contribution is -2.05. The van der Waals surface area contributed by atoms with E-state index in [0.29, 0.717) is 4.90 Å². The molecule has 0 unspecified atom stereocenters. The van der Waals surface area contributed by atoms with Gasteiger partial charge < -0.3 is 5.32 Å². The molecule has 0 aliphatic heterocycles. The summed E-state index contributed by atoms with van der Waals surface area (Å²) in [6.45, 7) is 6.72. The summed E-state index contributed by atoms with van der Waals surface area (Å²) in [5.41, 5.74) is 1.52. The van der Waals surface area contributed by atoms with Gasteiger partial charge in [-0.25, -0.2) is 13.2 Å². The molecule has 0 saturated heterocycles. The van der Waals surface area contributed by atoms with Crippen molar-refractivity contribution < 1.29 is 18.4 Å². The van der Waals surface area contributed by atoms with E-state index in [9.17, 15) is 13.2 Å². The van der Waals surface area contributed by atoms with Crippen LogP contribution in [0, 0.1) is 24.4 Å². The zero-order valence-corrected chi connectivity index (χ0v) is 13.5. The molecule has 0 bridgehead atoms. The van der Waals surface area contributed by atoms with Crippen LogP contribution < -0.4 is 10.8 Å². The zero-order chi connectivity index (χ0) is 17.6. The van der Waals surface area contributed by atoms with Gasteiger partial charge in [-0.2, -0.15) is 0 Å². The molecule has 124 valence electrons. The number of benzene rings is 2. The molecule has 2 aromatic rings. The highest BCUT2D eigenvalue weighted by Gasteiger charge is 2.17. The van der Waals surface area contributed by atoms with E-state index in [1.165, 1.54) is 19.1 Å². The highest BCUT2D eigenvalue weighted by atomic mass is 32.1. The Kier molecular flexibility index (Phi) is 6.99. The van der Waals surface area contributed by atoms with Crippen molar-refractivity contribution in [1.82, 2.24) is 0 Å². The maximum Gasteiger partial charge on any atom is 0.184 e. The van der Waals surface area contributed by atoms with Crippen LogP contribution in [0.3, 0.4) is 0 Å². The van der Waals surface area contributed by atoms with Crippen molar-refractivity contribution in [2.75, 3.05) is 10.8 Å². The first kappa shape index (κ1) is 18.9. The van der Waals surface area contributed by atoms with Crippen LogP contribution >= 0.6 is 12.6 Å². The van der Waals surface area contributed by atoms with Crippen molar-refractivity contribution in [2.24, 2.45) is 0 Å². The first-order valence-electron chi connectivity index (χ1n) is 6.57. The number of rotatable bonds is 3. The minimum Gasteiger partial charge on any atom is -0.349 e. The van der Waals surface area contributed by atoms with Gasteiger partial charge in [0, 0.05) is 4.90 Å². The number of allylic oxidation sites excluding steroid dienone is 1. The van der Waals surface area contributed by atoms with E-state index in [4.69, 9.17) is 5.21 Å². The van der Waals surface area contributed by atoms with Crippen LogP contribution in [-0.4, -0.2) is 5.21 Å². The van der Waals surface area contributed by atoms with Gasteiger partial charge in [-0.05, 0) is 43.7 Å². The summed E-state index contributed by atoms with van der Waals surface area (Å²) in [6.07, 6.45) is 1.75. The summed E-state index contributed by atoms with van der Waals surface area (Å²) in [4.78, 5) is 0.393. The van der Waals surface area contributed by atoms with E-state index < -0.39 is 17.5 Å². The fourth-order valence-electron chi connectivity index (χ4n) is 1.75. The van der Waals surface area contributed by atoms with Crippen LogP contribution in [0.2, 0.25) is 0 Å². The van der Waals surface area contributed by atoms with E-state index in [1.807, 2.05) is 6.92 Å². The second-order valence-electron chi connectivity index (χ2n) is 4.55. The van der Waals surface area contributed by atoms with E-state index in [1.54, 1.807) is 11.6 Å². The first-order valence-corrected chi connectivity index (χ1v) is 7.01. The number of nitrogens with one attached hydrogen (secondary N) is 2. The molecule has 0 aliphatic rings. The number of anilines is 3. The molecule has 3 nitrogen and oxygen atoms in total. The van der Waals surface area contributed by atoms with Gasteiger partial charge in [-0.3, -0.25) is 10.7 Å². The monoisotopic (exact) mass is 342 g/mol. The molecule has 0 fully saturated rings. The third-order valence-corrected chi connectivity index (χ3v) is 3.02. The summed E-state index contributed by atoms with van der Waals surface area (Å²) in [5.74, 6) is -3.00. The van der Waals surface area contributed by atoms with Gasteiger partial charge in [0.2, 0.25) is 0 Å². The van der Waals surface area contributed by atoms with Crippen LogP contribution in [0.1, 0.15) is 12.5 Å². The normalized spacial score (nSPS) is 9.70. The molecule has 0 radical (unpaired) electrons. The fraction of sp³-hybridized carbons (Fsp3) is 0.125. The van der Waals surface area contributed by atoms with Crippen molar-refractivity contribution in [2.45, 2.75) is 18.7 Å². The topological polar surface area (TPSA) is 44.3 Å². The first-order chi connectivity index (χ1) is 10.8. The molecular weight excluding hydrogens is 325 g/mol. The highest BCUT2D eigenvalue weighted by molar-refractivity contribution is 7.80. The average molecular weight is 342 g/mol. The van der Waals surface area contributed by atoms with Gasteiger partial charge in [0.1, 0.15) is 11.5 Å². The number of hydrogen-bond acceptors (Lipinski definition) is 4. The Morgan fingerprint density at radius 2 is 1.74 bits per heavy atom. The Bertz CT molecular complexity index is 708. The van der Waals surface area contributed by atoms with Crippen LogP contribution in [0.4, 0.5) is 30.2 Å². The molecule has 0 amide bonds. The van der Waals surface area contributed by atoms with Crippen LogP contribution in [-0.2, 0) is 0 Å². The highest BCUT2D eigenvalue weighted by Crippen LogP contribution is 2.34. The second kappa shape index (κ2) is 8.50. The quantitative estimate of drug-likeness (QED) is 0.341. The summed E-state index contributed by atoms with van der Waals surface area (Å²) in [6, 6.07) is 4.87. The number of thiol groups is 1. The molecule has 7 heteroatoms. The van der Waals surface area contributed by atoms with Gasteiger partial charge in [-0.1, -0.05) is 6.08 Å². The Morgan fingerprint density at radius 3 is 2.26 bits per heavy atom. The van der Waals surface area contributed by atoms with Gasteiger partial charge in [0.05, 0.1) is 11.4 Å². The molecule has 2 rings (SSSR count). The second-order valence-corrected chi connectivity index (χ2v) is 5.06. The van der Waals surface area contributed by atoms with Crippen molar-refractivity contribution >= 4 is 29.7 Å². The molecule has 23 heavy (non-hydrogen) atoms. The Hall–Kier alpha value is -2.12. The molecule has 0 saturated carbocycles.